The molecule has 1 aromatic heterocycles. The van der Waals surface area contributed by atoms with Gasteiger partial charge in [-0.2, -0.15) is 5.26 Å². The molecule has 2 rings (SSSR count). The van der Waals surface area contributed by atoms with E-state index in [1.54, 1.807) is 24.4 Å². The highest BCUT2D eigenvalue weighted by molar-refractivity contribution is 9.08. The van der Waals surface area contributed by atoms with E-state index < -0.39 is 0 Å². The van der Waals surface area contributed by atoms with E-state index in [9.17, 15) is 0 Å². The molecule has 0 fully saturated rings. The van der Waals surface area contributed by atoms with Crippen LogP contribution in [0.3, 0.4) is 0 Å². The predicted molar refractivity (Wildman–Crippen MR) is 72.8 cm³/mol. The van der Waals surface area contributed by atoms with Gasteiger partial charge in [0.1, 0.15) is 11.8 Å². The molecule has 18 heavy (non-hydrogen) atoms. The van der Waals surface area contributed by atoms with E-state index in [4.69, 9.17) is 10.00 Å². The summed E-state index contributed by atoms with van der Waals surface area (Å²) in [5.41, 5.74) is 2.54. The first kappa shape index (κ1) is 12.6. The normalized spacial score (nSPS) is 9.83. The van der Waals surface area contributed by atoms with Crippen molar-refractivity contribution >= 4 is 15.9 Å². The average molecular weight is 303 g/mol. The average Bonchev–Trinajstić information content (AvgIpc) is 2.41. The van der Waals surface area contributed by atoms with Crippen LogP contribution in [0.2, 0.25) is 0 Å². The first-order valence-corrected chi connectivity index (χ1v) is 6.55. The fraction of sp³-hybridized carbons (Fsp3) is 0.143. The summed E-state index contributed by atoms with van der Waals surface area (Å²) in [6.45, 7) is 1.93. The first-order valence-electron chi connectivity index (χ1n) is 5.43. The Labute approximate surface area is 114 Å². The van der Waals surface area contributed by atoms with Gasteiger partial charge in [0.05, 0.1) is 5.56 Å². The number of pyridine rings is 1. The summed E-state index contributed by atoms with van der Waals surface area (Å²) < 4.78 is 5.68. The Hall–Kier alpha value is -1.86. The maximum absolute atomic E-state index is 8.99. The summed E-state index contributed by atoms with van der Waals surface area (Å²) in [6.07, 6.45) is 1.76. The molecule has 90 valence electrons. The van der Waals surface area contributed by atoms with E-state index in [1.807, 2.05) is 19.1 Å². The van der Waals surface area contributed by atoms with Gasteiger partial charge in [-0.05, 0) is 30.7 Å². The van der Waals surface area contributed by atoms with Crippen LogP contribution in [0.1, 0.15) is 16.7 Å². The van der Waals surface area contributed by atoms with Crippen LogP contribution in [0.25, 0.3) is 0 Å². The third-order valence-corrected chi connectivity index (χ3v) is 3.10. The minimum atomic E-state index is 0.503. The van der Waals surface area contributed by atoms with E-state index in [0.717, 1.165) is 16.5 Å². The molecule has 0 saturated carbocycles. The van der Waals surface area contributed by atoms with Crippen molar-refractivity contribution < 1.29 is 4.74 Å². The van der Waals surface area contributed by atoms with Crippen molar-refractivity contribution in [3.63, 3.8) is 0 Å². The van der Waals surface area contributed by atoms with Crippen LogP contribution in [0.15, 0.2) is 36.5 Å². The molecule has 0 atom stereocenters. The second kappa shape index (κ2) is 5.65. The molecular weight excluding hydrogens is 292 g/mol. The summed E-state index contributed by atoms with van der Waals surface area (Å²) >= 11 is 3.38. The van der Waals surface area contributed by atoms with Crippen LogP contribution in [0, 0.1) is 18.3 Å². The van der Waals surface area contributed by atoms with Crippen molar-refractivity contribution in [2.45, 2.75) is 12.3 Å². The molecule has 0 aliphatic heterocycles. The standard InChI is InChI=1S/C14H11BrN2O/c1-10-6-11(7-15)9-17-14(10)18-13-5-3-2-4-12(13)8-16/h2-6,9H,7H2,1H3. The Morgan fingerprint density at radius 1 is 1.39 bits per heavy atom. The van der Waals surface area contributed by atoms with Crippen LogP contribution >= 0.6 is 15.9 Å². The van der Waals surface area contributed by atoms with Gasteiger partial charge in [-0.25, -0.2) is 4.98 Å². The Morgan fingerprint density at radius 2 is 2.17 bits per heavy atom. The van der Waals surface area contributed by atoms with Gasteiger partial charge in [0.15, 0.2) is 0 Å². The Bertz CT molecular complexity index is 605. The van der Waals surface area contributed by atoms with Crippen molar-refractivity contribution in [3.05, 3.63) is 53.2 Å². The number of aryl methyl sites for hydroxylation is 1. The smallest absolute Gasteiger partial charge is 0.222 e. The molecular formula is C14H11BrN2O. The summed E-state index contributed by atoms with van der Waals surface area (Å²) in [4.78, 5) is 4.26. The molecule has 0 radical (unpaired) electrons. The molecule has 3 nitrogen and oxygen atoms in total. The maximum Gasteiger partial charge on any atom is 0.222 e. The number of nitriles is 1. The summed E-state index contributed by atoms with van der Waals surface area (Å²) in [5.74, 6) is 1.06. The second-order valence-electron chi connectivity index (χ2n) is 3.81. The zero-order valence-corrected chi connectivity index (χ0v) is 11.4. The van der Waals surface area contributed by atoms with E-state index >= 15 is 0 Å². The fourth-order valence-corrected chi connectivity index (χ4v) is 1.86. The van der Waals surface area contributed by atoms with Gasteiger partial charge in [0.25, 0.3) is 0 Å². The predicted octanol–water partition coefficient (Wildman–Crippen LogP) is 3.95. The van der Waals surface area contributed by atoms with E-state index in [1.165, 1.54) is 0 Å². The van der Waals surface area contributed by atoms with Crippen LogP contribution in [-0.4, -0.2) is 4.98 Å². The lowest BCUT2D eigenvalue weighted by Crippen LogP contribution is -1.94. The molecule has 1 aromatic carbocycles. The number of halogens is 1. The lowest BCUT2D eigenvalue weighted by Gasteiger charge is -2.09. The number of hydrogen-bond donors (Lipinski definition) is 0. The highest BCUT2D eigenvalue weighted by Gasteiger charge is 2.07. The van der Waals surface area contributed by atoms with E-state index in [0.29, 0.717) is 17.2 Å². The lowest BCUT2D eigenvalue weighted by atomic mass is 10.2. The largest absolute Gasteiger partial charge is 0.437 e. The number of aromatic nitrogens is 1. The molecule has 4 heteroatoms. The molecule has 0 bridgehead atoms. The van der Waals surface area contributed by atoms with Crippen molar-refractivity contribution in [1.29, 1.82) is 5.26 Å². The number of alkyl halides is 1. The molecule has 0 aliphatic carbocycles. The SMILES string of the molecule is Cc1cc(CBr)cnc1Oc1ccccc1C#N. The van der Waals surface area contributed by atoms with Crippen LogP contribution in [0.5, 0.6) is 11.6 Å². The molecule has 0 spiro atoms. The Kier molecular flexibility index (Phi) is 3.96. The van der Waals surface area contributed by atoms with Crippen LogP contribution in [-0.2, 0) is 5.33 Å². The summed E-state index contributed by atoms with van der Waals surface area (Å²) in [7, 11) is 0. The van der Waals surface area contributed by atoms with Gasteiger partial charge in [-0.3, -0.25) is 0 Å². The first-order chi connectivity index (χ1) is 8.74. The number of para-hydroxylation sites is 1. The van der Waals surface area contributed by atoms with Gasteiger partial charge in [0.2, 0.25) is 5.88 Å². The van der Waals surface area contributed by atoms with Crippen molar-refractivity contribution in [3.8, 4) is 17.7 Å². The molecule has 1 heterocycles. The Balaban J connectivity index is 2.32. The number of ether oxygens (including phenoxy) is 1. The van der Waals surface area contributed by atoms with E-state index in [-0.39, 0.29) is 0 Å². The topological polar surface area (TPSA) is 45.9 Å². The highest BCUT2D eigenvalue weighted by atomic mass is 79.9. The van der Waals surface area contributed by atoms with Gasteiger partial charge in [-0.15, -0.1) is 0 Å². The molecule has 2 aromatic rings. The van der Waals surface area contributed by atoms with Crippen molar-refractivity contribution in [2.75, 3.05) is 0 Å². The van der Waals surface area contributed by atoms with Crippen molar-refractivity contribution in [2.24, 2.45) is 0 Å². The van der Waals surface area contributed by atoms with Gasteiger partial charge in [-0.1, -0.05) is 28.1 Å². The van der Waals surface area contributed by atoms with Crippen LogP contribution < -0.4 is 4.74 Å². The number of benzene rings is 1. The maximum atomic E-state index is 8.99. The zero-order valence-electron chi connectivity index (χ0n) is 9.85. The minimum Gasteiger partial charge on any atom is -0.437 e. The number of nitrogens with zero attached hydrogens (tertiary/aromatic N) is 2. The highest BCUT2D eigenvalue weighted by Crippen LogP contribution is 2.26. The lowest BCUT2D eigenvalue weighted by molar-refractivity contribution is 0.457. The molecule has 0 unspecified atom stereocenters. The minimum absolute atomic E-state index is 0.503. The third kappa shape index (κ3) is 2.69. The second-order valence-corrected chi connectivity index (χ2v) is 4.37. The molecule has 0 saturated heterocycles. The molecule has 0 amide bonds. The van der Waals surface area contributed by atoms with Gasteiger partial charge >= 0.3 is 0 Å². The monoisotopic (exact) mass is 302 g/mol. The quantitative estimate of drug-likeness (QED) is 0.807. The number of hydrogen-bond acceptors (Lipinski definition) is 3. The van der Waals surface area contributed by atoms with Gasteiger partial charge in [0, 0.05) is 17.1 Å². The number of rotatable bonds is 3. The third-order valence-electron chi connectivity index (χ3n) is 2.46. The fourth-order valence-electron chi connectivity index (χ4n) is 1.55. The summed E-state index contributed by atoms with van der Waals surface area (Å²) in [5, 5.41) is 9.75. The van der Waals surface area contributed by atoms with Crippen molar-refractivity contribution in [1.82, 2.24) is 4.98 Å². The zero-order chi connectivity index (χ0) is 13.0. The molecule has 0 N–H and O–H groups in total. The van der Waals surface area contributed by atoms with Crippen LogP contribution in [0.4, 0.5) is 0 Å². The summed E-state index contributed by atoms with van der Waals surface area (Å²) in [6, 6.07) is 11.2. The van der Waals surface area contributed by atoms with Gasteiger partial charge < -0.3 is 4.74 Å². The Morgan fingerprint density at radius 3 is 2.83 bits per heavy atom. The molecule has 0 aliphatic rings. The van der Waals surface area contributed by atoms with E-state index in [2.05, 4.69) is 27.0 Å².